The SMILES string of the molecule is Nc1c(-c2ccc(F)c3[nH]ncc23)c2cc(C3CC3)c3ccccc3c2[nH]c1=O. The van der Waals surface area contributed by atoms with Crippen LogP contribution in [0.3, 0.4) is 0 Å². The van der Waals surface area contributed by atoms with E-state index in [4.69, 9.17) is 5.73 Å². The number of benzene rings is 3. The van der Waals surface area contributed by atoms with E-state index in [-0.39, 0.29) is 11.2 Å². The third kappa shape index (κ3) is 2.26. The Morgan fingerprint density at radius 2 is 1.79 bits per heavy atom. The Morgan fingerprint density at radius 1 is 1.00 bits per heavy atom. The molecule has 0 unspecified atom stereocenters. The smallest absolute Gasteiger partial charge is 0.272 e. The normalized spacial score (nSPS) is 14.2. The zero-order valence-corrected chi connectivity index (χ0v) is 15.4. The third-order valence-electron chi connectivity index (χ3n) is 5.95. The number of fused-ring (bicyclic) bond motifs is 4. The number of aromatic amines is 2. The van der Waals surface area contributed by atoms with Crippen molar-refractivity contribution in [3.05, 3.63) is 70.4 Å². The fraction of sp³-hybridized carbons (Fsp3) is 0.130. The van der Waals surface area contributed by atoms with E-state index in [9.17, 15) is 9.18 Å². The van der Waals surface area contributed by atoms with Crippen LogP contribution in [0.15, 0.2) is 53.5 Å². The highest BCUT2D eigenvalue weighted by molar-refractivity contribution is 6.15. The van der Waals surface area contributed by atoms with E-state index >= 15 is 0 Å². The molecule has 1 fully saturated rings. The molecule has 1 aliphatic rings. The molecule has 0 amide bonds. The van der Waals surface area contributed by atoms with Crippen molar-refractivity contribution in [2.24, 2.45) is 0 Å². The number of nitrogen functional groups attached to an aromatic ring is 1. The van der Waals surface area contributed by atoms with Gasteiger partial charge in [-0.05, 0) is 47.4 Å². The number of nitrogens with one attached hydrogen (secondary N) is 2. The van der Waals surface area contributed by atoms with E-state index < -0.39 is 5.82 Å². The van der Waals surface area contributed by atoms with Crippen molar-refractivity contribution in [3.8, 4) is 11.1 Å². The number of aromatic nitrogens is 3. The summed E-state index contributed by atoms with van der Waals surface area (Å²) in [5.41, 5.74) is 9.72. The summed E-state index contributed by atoms with van der Waals surface area (Å²) < 4.78 is 14.2. The summed E-state index contributed by atoms with van der Waals surface area (Å²) in [6.45, 7) is 0. The highest BCUT2D eigenvalue weighted by Gasteiger charge is 2.27. The minimum Gasteiger partial charge on any atom is -0.394 e. The van der Waals surface area contributed by atoms with E-state index in [2.05, 4.69) is 27.3 Å². The van der Waals surface area contributed by atoms with Crippen LogP contribution in [0.1, 0.15) is 24.3 Å². The molecule has 2 aromatic heterocycles. The number of hydrogen-bond donors (Lipinski definition) is 3. The average Bonchev–Trinajstić information content (AvgIpc) is 3.45. The molecule has 5 aromatic rings. The minimum atomic E-state index is -0.391. The van der Waals surface area contributed by atoms with Gasteiger partial charge in [-0.2, -0.15) is 5.10 Å². The van der Waals surface area contributed by atoms with Crippen molar-refractivity contribution < 1.29 is 4.39 Å². The van der Waals surface area contributed by atoms with Gasteiger partial charge in [0.2, 0.25) is 0 Å². The molecule has 1 aliphatic carbocycles. The van der Waals surface area contributed by atoms with E-state index in [1.807, 2.05) is 18.2 Å². The van der Waals surface area contributed by atoms with Gasteiger partial charge in [0, 0.05) is 21.7 Å². The molecule has 29 heavy (non-hydrogen) atoms. The molecule has 0 atom stereocenters. The van der Waals surface area contributed by atoms with Gasteiger partial charge < -0.3 is 10.7 Å². The summed E-state index contributed by atoms with van der Waals surface area (Å²) in [4.78, 5) is 15.7. The molecule has 2 heterocycles. The maximum Gasteiger partial charge on any atom is 0.272 e. The lowest BCUT2D eigenvalue weighted by Crippen LogP contribution is -2.14. The first kappa shape index (κ1) is 16.3. The number of nitrogens with zero attached hydrogens (tertiary/aromatic N) is 1. The zero-order chi connectivity index (χ0) is 19.7. The lowest BCUT2D eigenvalue weighted by atomic mass is 9.91. The van der Waals surface area contributed by atoms with Crippen LogP contribution in [0.2, 0.25) is 0 Å². The van der Waals surface area contributed by atoms with Crippen molar-refractivity contribution in [2.75, 3.05) is 5.73 Å². The summed E-state index contributed by atoms with van der Waals surface area (Å²) in [6.07, 6.45) is 3.89. The molecule has 0 radical (unpaired) electrons. The van der Waals surface area contributed by atoms with Gasteiger partial charge in [-0.25, -0.2) is 4.39 Å². The van der Waals surface area contributed by atoms with Crippen LogP contribution in [0.4, 0.5) is 10.1 Å². The highest BCUT2D eigenvalue weighted by atomic mass is 19.1. The Kier molecular flexibility index (Phi) is 3.19. The maximum absolute atomic E-state index is 14.2. The molecule has 1 saturated carbocycles. The van der Waals surface area contributed by atoms with E-state index in [0.717, 1.165) is 34.5 Å². The minimum absolute atomic E-state index is 0.128. The molecule has 3 aromatic carbocycles. The van der Waals surface area contributed by atoms with Gasteiger partial charge >= 0.3 is 0 Å². The number of halogens is 1. The number of rotatable bonds is 2. The van der Waals surface area contributed by atoms with Crippen LogP contribution in [-0.2, 0) is 0 Å². The first-order valence-corrected chi connectivity index (χ1v) is 9.62. The standard InChI is InChI=1S/C23H17FN4O/c24-18-8-7-13(17-10-26-28-22(17)18)19-16-9-15(11-5-6-11)12-3-1-2-4-14(12)21(16)27-23(29)20(19)25/h1-4,7-11H,5-6,25H2,(H,26,28)(H,27,29). The first-order chi connectivity index (χ1) is 14.1. The van der Waals surface area contributed by atoms with Crippen molar-refractivity contribution in [3.63, 3.8) is 0 Å². The molecular weight excluding hydrogens is 367 g/mol. The third-order valence-corrected chi connectivity index (χ3v) is 5.95. The average molecular weight is 384 g/mol. The van der Waals surface area contributed by atoms with Gasteiger partial charge in [0.15, 0.2) is 0 Å². The second-order valence-corrected chi connectivity index (χ2v) is 7.70. The van der Waals surface area contributed by atoms with Crippen molar-refractivity contribution in [1.29, 1.82) is 0 Å². The number of nitrogens with two attached hydrogens (primary N) is 1. The molecule has 4 N–H and O–H groups in total. The fourth-order valence-electron chi connectivity index (χ4n) is 4.42. The van der Waals surface area contributed by atoms with Crippen LogP contribution in [0, 0.1) is 5.82 Å². The van der Waals surface area contributed by atoms with Crippen molar-refractivity contribution >= 4 is 38.3 Å². The molecular formula is C23H17FN4O. The molecule has 6 rings (SSSR count). The van der Waals surface area contributed by atoms with E-state index in [1.54, 1.807) is 12.3 Å². The molecule has 142 valence electrons. The molecule has 0 bridgehead atoms. The first-order valence-electron chi connectivity index (χ1n) is 9.62. The number of H-pyrrole nitrogens is 2. The largest absolute Gasteiger partial charge is 0.394 e. The van der Waals surface area contributed by atoms with Crippen LogP contribution in [0.25, 0.3) is 43.7 Å². The summed E-state index contributed by atoms with van der Waals surface area (Å²) in [5, 5.41) is 10.3. The van der Waals surface area contributed by atoms with Crippen LogP contribution in [-0.4, -0.2) is 15.2 Å². The Morgan fingerprint density at radius 3 is 2.59 bits per heavy atom. The van der Waals surface area contributed by atoms with Gasteiger partial charge in [0.1, 0.15) is 17.0 Å². The monoisotopic (exact) mass is 384 g/mol. The molecule has 0 spiro atoms. The highest BCUT2D eigenvalue weighted by Crippen LogP contribution is 2.46. The Hall–Kier alpha value is -3.67. The summed E-state index contributed by atoms with van der Waals surface area (Å²) in [6, 6.07) is 13.3. The van der Waals surface area contributed by atoms with Gasteiger partial charge in [-0.1, -0.05) is 30.3 Å². The summed E-state index contributed by atoms with van der Waals surface area (Å²) in [7, 11) is 0. The number of pyridine rings is 1. The fourth-order valence-corrected chi connectivity index (χ4v) is 4.42. The Labute approximate surface area is 164 Å². The van der Waals surface area contributed by atoms with E-state index in [0.29, 0.717) is 27.9 Å². The lowest BCUT2D eigenvalue weighted by molar-refractivity contribution is 0.636. The quantitative estimate of drug-likeness (QED) is 0.381. The van der Waals surface area contributed by atoms with Gasteiger partial charge in [0.05, 0.1) is 11.7 Å². The van der Waals surface area contributed by atoms with Crippen molar-refractivity contribution in [1.82, 2.24) is 15.2 Å². The maximum atomic E-state index is 14.2. The summed E-state index contributed by atoms with van der Waals surface area (Å²) >= 11 is 0. The van der Waals surface area contributed by atoms with Gasteiger partial charge in [-0.3, -0.25) is 9.89 Å². The second kappa shape index (κ2) is 5.67. The lowest BCUT2D eigenvalue weighted by Gasteiger charge is -2.15. The van der Waals surface area contributed by atoms with Gasteiger partial charge in [0.25, 0.3) is 5.56 Å². The Bertz CT molecular complexity index is 1510. The second-order valence-electron chi connectivity index (χ2n) is 7.70. The summed E-state index contributed by atoms with van der Waals surface area (Å²) in [5.74, 6) is 0.130. The topological polar surface area (TPSA) is 87.6 Å². The Balaban J connectivity index is 1.83. The van der Waals surface area contributed by atoms with Crippen LogP contribution < -0.4 is 11.3 Å². The molecule has 6 heteroatoms. The van der Waals surface area contributed by atoms with Crippen LogP contribution in [0.5, 0.6) is 0 Å². The molecule has 0 saturated heterocycles. The van der Waals surface area contributed by atoms with E-state index in [1.165, 1.54) is 11.6 Å². The number of anilines is 1. The number of hydrogen-bond acceptors (Lipinski definition) is 3. The van der Waals surface area contributed by atoms with Crippen molar-refractivity contribution in [2.45, 2.75) is 18.8 Å². The zero-order valence-electron chi connectivity index (χ0n) is 15.4. The predicted octanol–water partition coefficient (Wildman–Crippen LogP) is 4.82. The van der Waals surface area contributed by atoms with Gasteiger partial charge in [-0.15, -0.1) is 0 Å². The van der Waals surface area contributed by atoms with Crippen LogP contribution >= 0.6 is 0 Å². The molecule has 0 aliphatic heterocycles. The molecule has 5 nitrogen and oxygen atoms in total. The predicted molar refractivity (Wildman–Crippen MR) is 114 cm³/mol.